The van der Waals surface area contributed by atoms with Gasteiger partial charge in [-0.15, -0.1) is 0 Å². The second-order valence-corrected chi connectivity index (χ2v) is 6.21. The van der Waals surface area contributed by atoms with Gasteiger partial charge in [-0.05, 0) is 25.6 Å². The SMILES string of the molecule is C[C@@]1(NC(=S)NC=O)CCS(=O)(=O)C1. The van der Waals surface area contributed by atoms with Crippen LogP contribution in [0.2, 0.25) is 0 Å². The van der Waals surface area contributed by atoms with Gasteiger partial charge in [-0.2, -0.15) is 0 Å². The monoisotopic (exact) mass is 236 g/mol. The summed E-state index contributed by atoms with van der Waals surface area (Å²) < 4.78 is 22.4. The Labute approximate surface area is 88.2 Å². The Morgan fingerprint density at radius 3 is 2.64 bits per heavy atom. The zero-order valence-corrected chi connectivity index (χ0v) is 9.37. The highest BCUT2D eigenvalue weighted by Crippen LogP contribution is 2.22. The van der Waals surface area contributed by atoms with E-state index in [-0.39, 0.29) is 16.6 Å². The molecule has 1 amide bonds. The number of hydrogen-bond acceptors (Lipinski definition) is 4. The van der Waals surface area contributed by atoms with Crippen molar-refractivity contribution in [2.24, 2.45) is 0 Å². The fourth-order valence-corrected chi connectivity index (χ4v) is 3.86. The minimum atomic E-state index is -2.95. The molecule has 0 unspecified atom stereocenters. The third-order valence-corrected chi connectivity index (χ3v) is 4.23. The maximum absolute atomic E-state index is 11.2. The molecule has 2 N–H and O–H groups in total. The fourth-order valence-electron chi connectivity index (χ4n) is 1.47. The van der Waals surface area contributed by atoms with Crippen LogP contribution in [0, 0.1) is 0 Å². The molecule has 0 aromatic carbocycles. The van der Waals surface area contributed by atoms with Crippen LogP contribution in [0.4, 0.5) is 0 Å². The molecule has 0 bridgehead atoms. The maximum atomic E-state index is 11.2. The predicted molar refractivity (Wildman–Crippen MR) is 56.6 cm³/mol. The summed E-state index contributed by atoms with van der Waals surface area (Å²) in [4.78, 5) is 10.1. The average Bonchev–Trinajstić information content (AvgIpc) is 2.25. The summed E-state index contributed by atoms with van der Waals surface area (Å²) in [5, 5.41) is 5.26. The van der Waals surface area contributed by atoms with Crippen LogP contribution < -0.4 is 10.6 Å². The predicted octanol–water partition coefficient (Wildman–Crippen LogP) is -0.816. The van der Waals surface area contributed by atoms with Crippen LogP contribution in [0.1, 0.15) is 13.3 Å². The van der Waals surface area contributed by atoms with Gasteiger partial charge in [0.25, 0.3) is 0 Å². The Hall–Kier alpha value is -0.690. The maximum Gasteiger partial charge on any atom is 0.213 e. The molecule has 1 heterocycles. The van der Waals surface area contributed by atoms with Crippen LogP contribution in [-0.2, 0) is 14.6 Å². The van der Waals surface area contributed by atoms with E-state index in [1.54, 1.807) is 6.92 Å². The second-order valence-electron chi connectivity index (χ2n) is 3.62. The van der Waals surface area contributed by atoms with Gasteiger partial charge in [0, 0.05) is 0 Å². The topological polar surface area (TPSA) is 75.3 Å². The highest BCUT2D eigenvalue weighted by atomic mass is 32.2. The second kappa shape index (κ2) is 3.82. The van der Waals surface area contributed by atoms with Crippen LogP contribution in [-0.4, -0.2) is 37.0 Å². The van der Waals surface area contributed by atoms with E-state index < -0.39 is 15.4 Å². The van der Waals surface area contributed by atoms with Crippen LogP contribution in [0.5, 0.6) is 0 Å². The van der Waals surface area contributed by atoms with Gasteiger partial charge in [0.1, 0.15) is 0 Å². The summed E-state index contributed by atoms with van der Waals surface area (Å²) in [6.07, 6.45) is 0.970. The highest BCUT2D eigenvalue weighted by Gasteiger charge is 2.38. The van der Waals surface area contributed by atoms with Crippen LogP contribution in [0.3, 0.4) is 0 Å². The smallest absolute Gasteiger partial charge is 0.213 e. The molecule has 1 aliphatic rings. The molecule has 1 rings (SSSR count). The van der Waals surface area contributed by atoms with E-state index in [1.165, 1.54) is 0 Å². The lowest BCUT2D eigenvalue weighted by atomic mass is 10.0. The van der Waals surface area contributed by atoms with Crippen LogP contribution in [0.25, 0.3) is 0 Å². The first-order chi connectivity index (χ1) is 6.37. The first-order valence-corrected chi connectivity index (χ1v) is 6.33. The van der Waals surface area contributed by atoms with Crippen LogP contribution >= 0.6 is 12.2 Å². The summed E-state index contributed by atoms with van der Waals surface area (Å²) in [6.45, 7) is 1.77. The van der Waals surface area contributed by atoms with Crippen molar-refractivity contribution < 1.29 is 13.2 Å². The Bertz CT molecular complexity index is 352. The normalized spacial score (nSPS) is 29.5. The third-order valence-electron chi connectivity index (χ3n) is 2.11. The summed E-state index contributed by atoms with van der Waals surface area (Å²) in [5.41, 5.74) is -0.550. The Balaban J connectivity index is 2.61. The van der Waals surface area contributed by atoms with Gasteiger partial charge in [-0.25, -0.2) is 8.42 Å². The summed E-state index contributed by atoms with van der Waals surface area (Å²) in [5.74, 6) is 0.223. The number of amides is 1. The van der Waals surface area contributed by atoms with Crippen molar-refractivity contribution in [3.05, 3.63) is 0 Å². The summed E-state index contributed by atoms with van der Waals surface area (Å²) in [6, 6.07) is 0. The van der Waals surface area contributed by atoms with E-state index >= 15 is 0 Å². The fraction of sp³-hybridized carbons (Fsp3) is 0.714. The minimum absolute atomic E-state index is 0.0562. The molecule has 1 saturated heterocycles. The van der Waals surface area contributed by atoms with E-state index in [0.29, 0.717) is 12.8 Å². The number of carbonyl (C=O) groups excluding carboxylic acids is 1. The molecule has 0 radical (unpaired) electrons. The van der Waals surface area contributed by atoms with E-state index in [1.807, 2.05) is 0 Å². The zero-order valence-electron chi connectivity index (χ0n) is 7.74. The number of hydrogen-bond donors (Lipinski definition) is 2. The molecule has 0 aromatic rings. The molecule has 0 saturated carbocycles. The molecule has 7 heteroatoms. The minimum Gasteiger partial charge on any atom is -0.356 e. The van der Waals surface area contributed by atoms with Crippen molar-refractivity contribution in [1.29, 1.82) is 0 Å². The van der Waals surface area contributed by atoms with E-state index in [4.69, 9.17) is 12.2 Å². The van der Waals surface area contributed by atoms with Crippen molar-refractivity contribution in [3.8, 4) is 0 Å². The van der Waals surface area contributed by atoms with Crippen LogP contribution in [0.15, 0.2) is 0 Å². The van der Waals surface area contributed by atoms with Crippen molar-refractivity contribution in [2.45, 2.75) is 18.9 Å². The number of nitrogens with one attached hydrogen (secondary N) is 2. The van der Waals surface area contributed by atoms with E-state index in [0.717, 1.165) is 0 Å². The molecule has 1 atom stereocenters. The number of thiocarbonyl (C=S) groups is 1. The quantitative estimate of drug-likeness (QED) is 0.484. The lowest BCUT2D eigenvalue weighted by Gasteiger charge is -2.24. The molecule has 0 spiro atoms. The zero-order chi connectivity index (χ0) is 10.8. The van der Waals surface area contributed by atoms with Crippen molar-refractivity contribution in [3.63, 3.8) is 0 Å². The van der Waals surface area contributed by atoms with Gasteiger partial charge >= 0.3 is 0 Å². The molecule has 5 nitrogen and oxygen atoms in total. The number of sulfone groups is 1. The number of carbonyl (C=O) groups is 1. The van der Waals surface area contributed by atoms with Crippen molar-refractivity contribution >= 4 is 33.6 Å². The van der Waals surface area contributed by atoms with Crippen molar-refractivity contribution in [1.82, 2.24) is 10.6 Å². The lowest BCUT2D eigenvalue weighted by molar-refractivity contribution is -0.108. The Morgan fingerprint density at radius 1 is 1.57 bits per heavy atom. The van der Waals surface area contributed by atoms with Gasteiger partial charge in [0.15, 0.2) is 14.9 Å². The molecule has 14 heavy (non-hydrogen) atoms. The molecule has 1 fully saturated rings. The molecule has 0 aromatic heterocycles. The Kier molecular flexibility index (Phi) is 3.10. The summed E-state index contributed by atoms with van der Waals surface area (Å²) in [7, 11) is -2.95. The standard InChI is InChI=1S/C7H12N2O3S2/c1-7(9-6(13)8-5-10)2-3-14(11,12)4-7/h5H,2-4H2,1H3,(H2,8,9,10,13)/t7-/m1/s1. The first kappa shape index (κ1) is 11.4. The third kappa shape index (κ3) is 2.91. The lowest BCUT2D eigenvalue weighted by Crippen LogP contribution is -2.50. The molecular formula is C7H12N2O3S2. The molecule has 0 aliphatic carbocycles. The molecule has 80 valence electrons. The van der Waals surface area contributed by atoms with E-state index in [9.17, 15) is 13.2 Å². The van der Waals surface area contributed by atoms with Gasteiger partial charge in [-0.1, -0.05) is 0 Å². The van der Waals surface area contributed by atoms with Gasteiger partial charge in [0.05, 0.1) is 17.0 Å². The Morgan fingerprint density at radius 2 is 2.21 bits per heavy atom. The van der Waals surface area contributed by atoms with Crippen molar-refractivity contribution in [2.75, 3.05) is 11.5 Å². The van der Waals surface area contributed by atoms with E-state index in [2.05, 4.69) is 10.6 Å². The number of rotatable bonds is 2. The average molecular weight is 236 g/mol. The highest BCUT2D eigenvalue weighted by molar-refractivity contribution is 7.91. The molecule has 1 aliphatic heterocycles. The van der Waals surface area contributed by atoms with Gasteiger partial charge < -0.3 is 10.6 Å². The first-order valence-electron chi connectivity index (χ1n) is 4.10. The molecular weight excluding hydrogens is 224 g/mol. The van der Waals surface area contributed by atoms with Gasteiger partial charge in [-0.3, -0.25) is 4.79 Å². The van der Waals surface area contributed by atoms with Gasteiger partial charge in [0.2, 0.25) is 6.41 Å². The summed E-state index contributed by atoms with van der Waals surface area (Å²) >= 11 is 4.79. The largest absolute Gasteiger partial charge is 0.356 e.